The minimum atomic E-state index is -2.41. The number of halogens is 2. The molecule has 1 N–H and O–H groups in total. The maximum Gasteiger partial charge on any atom is 0.263 e. The molecule has 0 aliphatic heterocycles. The molecule has 0 atom stereocenters. The van der Waals surface area contributed by atoms with Gasteiger partial charge in [-0.15, -0.1) is 0 Å². The smallest absolute Gasteiger partial charge is 0.263 e. The molecule has 0 spiro atoms. The molecule has 0 fully saturated rings. The summed E-state index contributed by atoms with van der Waals surface area (Å²) in [6.45, 7) is 3.03. The molecule has 0 saturated carbocycles. The van der Waals surface area contributed by atoms with Crippen molar-refractivity contribution in [2.75, 3.05) is 0 Å². The molecule has 0 saturated heterocycles. The van der Waals surface area contributed by atoms with Crippen LogP contribution < -0.4 is 5.32 Å². The first-order valence-electron chi connectivity index (χ1n) is 5.65. The van der Waals surface area contributed by atoms with E-state index in [1.54, 1.807) is 12.1 Å². The number of rotatable bonds is 5. The number of hydrogen-bond donors (Lipinski definition) is 1. The zero-order valence-electron chi connectivity index (χ0n) is 9.99. The zero-order chi connectivity index (χ0) is 13.0. The Labute approximate surface area is 104 Å². The van der Waals surface area contributed by atoms with Crippen molar-refractivity contribution in [3.05, 3.63) is 52.9 Å². The molecular formula is C13H14F2N2O. The van der Waals surface area contributed by atoms with E-state index in [0.29, 0.717) is 13.1 Å². The van der Waals surface area contributed by atoms with Gasteiger partial charge in [0.1, 0.15) is 5.76 Å². The summed E-state index contributed by atoms with van der Waals surface area (Å²) >= 11 is 0. The maximum atomic E-state index is 12.3. The predicted octanol–water partition coefficient (Wildman–Crippen LogP) is 3.21. The molecule has 96 valence electrons. The number of benzene rings is 1. The Bertz CT molecular complexity index is 494. The van der Waals surface area contributed by atoms with Crippen LogP contribution >= 0.6 is 0 Å². The van der Waals surface area contributed by atoms with Crippen LogP contribution in [0, 0.1) is 6.92 Å². The fraction of sp³-hybridized carbons (Fsp3) is 0.308. The van der Waals surface area contributed by atoms with Gasteiger partial charge in [-0.05, 0) is 12.5 Å². The Hall–Kier alpha value is -1.75. The fourth-order valence-corrected chi connectivity index (χ4v) is 1.62. The lowest BCUT2D eigenvalue weighted by atomic mass is 10.1. The highest BCUT2D eigenvalue weighted by atomic mass is 19.3. The van der Waals surface area contributed by atoms with E-state index < -0.39 is 6.43 Å². The standard InChI is InChI=1S/C13H14F2N2O/c1-9-6-12(17-18-9)8-16-7-10-2-4-11(5-3-10)13(14)15/h2-6,13,16H,7-8H2,1H3. The summed E-state index contributed by atoms with van der Waals surface area (Å²) in [6.07, 6.45) is -2.41. The van der Waals surface area contributed by atoms with E-state index in [1.807, 2.05) is 13.0 Å². The van der Waals surface area contributed by atoms with Crippen LogP contribution in [-0.2, 0) is 13.1 Å². The highest BCUT2D eigenvalue weighted by molar-refractivity contribution is 5.23. The van der Waals surface area contributed by atoms with Gasteiger partial charge in [0, 0.05) is 24.7 Å². The van der Waals surface area contributed by atoms with Gasteiger partial charge in [0.15, 0.2) is 0 Å². The normalized spacial score (nSPS) is 11.1. The molecule has 2 aromatic rings. The van der Waals surface area contributed by atoms with Gasteiger partial charge >= 0.3 is 0 Å². The molecule has 2 rings (SSSR count). The van der Waals surface area contributed by atoms with Gasteiger partial charge in [-0.25, -0.2) is 8.78 Å². The lowest BCUT2D eigenvalue weighted by Gasteiger charge is -2.04. The molecular weight excluding hydrogens is 238 g/mol. The summed E-state index contributed by atoms with van der Waals surface area (Å²) in [5.74, 6) is 0.771. The van der Waals surface area contributed by atoms with E-state index in [4.69, 9.17) is 4.52 Å². The molecule has 0 amide bonds. The van der Waals surface area contributed by atoms with Gasteiger partial charge in [0.25, 0.3) is 6.43 Å². The maximum absolute atomic E-state index is 12.3. The zero-order valence-corrected chi connectivity index (χ0v) is 9.99. The van der Waals surface area contributed by atoms with E-state index in [0.717, 1.165) is 17.0 Å². The van der Waals surface area contributed by atoms with E-state index in [2.05, 4.69) is 10.5 Å². The highest BCUT2D eigenvalue weighted by Gasteiger charge is 2.05. The number of aryl methyl sites for hydroxylation is 1. The van der Waals surface area contributed by atoms with Crippen molar-refractivity contribution in [1.82, 2.24) is 10.5 Å². The Morgan fingerprint density at radius 3 is 2.50 bits per heavy atom. The Kier molecular flexibility index (Phi) is 4.04. The molecule has 0 radical (unpaired) electrons. The second-order valence-electron chi connectivity index (χ2n) is 4.07. The first-order valence-corrected chi connectivity index (χ1v) is 5.65. The van der Waals surface area contributed by atoms with Crippen LogP contribution in [0.1, 0.15) is 29.0 Å². The van der Waals surface area contributed by atoms with Crippen molar-refractivity contribution in [1.29, 1.82) is 0 Å². The Balaban J connectivity index is 1.83. The molecule has 0 bridgehead atoms. The summed E-state index contributed by atoms with van der Waals surface area (Å²) in [5.41, 5.74) is 1.84. The van der Waals surface area contributed by atoms with Gasteiger partial charge in [-0.2, -0.15) is 0 Å². The molecule has 0 unspecified atom stereocenters. The fourth-order valence-electron chi connectivity index (χ4n) is 1.62. The van der Waals surface area contributed by atoms with Crippen LogP contribution in [0.4, 0.5) is 8.78 Å². The minimum absolute atomic E-state index is 0.0471. The summed E-state index contributed by atoms with van der Waals surface area (Å²) in [5, 5.41) is 7.02. The number of aromatic nitrogens is 1. The number of nitrogens with zero attached hydrogens (tertiary/aromatic N) is 1. The molecule has 1 heterocycles. The molecule has 1 aromatic carbocycles. The topological polar surface area (TPSA) is 38.1 Å². The van der Waals surface area contributed by atoms with Crippen molar-refractivity contribution in [3.8, 4) is 0 Å². The summed E-state index contributed by atoms with van der Waals surface area (Å²) in [7, 11) is 0. The van der Waals surface area contributed by atoms with Gasteiger partial charge < -0.3 is 9.84 Å². The largest absolute Gasteiger partial charge is 0.361 e. The average molecular weight is 252 g/mol. The number of alkyl halides is 2. The molecule has 0 aliphatic rings. The molecule has 0 aliphatic carbocycles. The van der Waals surface area contributed by atoms with Gasteiger partial charge in [0.05, 0.1) is 5.69 Å². The van der Waals surface area contributed by atoms with Crippen molar-refractivity contribution in [2.45, 2.75) is 26.4 Å². The lowest BCUT2D eigenvalue weighted by molar-refractivity contribution is 0.151. The monoisotopic (exact) mass is 252 g/mol. The second kappa shape index (κ2) is 5.73. The molecule has 1 aromatic heterocycles. The van der Waals surface area contributed by atoms with Crippen LogP contribution in [-0.4, -0.2) is 5.16 Å². The van der Waals surface area contributed by atoms with Crippen LogP contribution in [0.3, 0.4) is 0 Å². The predicted molar refractivity (Wildman–Crippen MR) is 63.2 cm³/mol. The van der Waals surface area contributed by atoms with Crippen LogP contribution in [0.2, 0.25) is 0 Å². The van der Waals surface area contributed by atoms with E-state index in [9.17, 15) is 8.78 Å². The molecule has 3 nitrogen and oxygen atoms in total. The second-order valence-corrected chi connectivity index (χ2v) is 4.07. The van der Waals surface area contributed by atoms with Gasteiger partial charge in [-0.3, -0.25) is 0 Å². The SMILES string of the molecule is Cc1cc(CNCc2ccc(C(F)F)cc2)no1. The van der Waals surface area contributed by atoms with Crippen molar-refractivity contribution in [3.63, 3.8) is 0 Å². The van der Waals surface area contributed by atoms with E-state index >= 15 is 0 Å². The third kappa shape index (κ3) is 3.37. The summed E-state index contributed by atoms with van der Waals surface area (Å²) in [4.78, 5) is 0. The summed E-state index contributed by atoms with van der Waals surface area (Å²) < 4.78 is 29.6. The van der Waals surface area contributed by atoms with E-state index in [-0.39, 0.29) is 5.56 Å². The Morgan fingerprint density at radius 2 is 1.94 bits per heavy atom. The van der Waals surface area contributed by atoms with Gasteiger partial charge in [-0.1, -0.05) is 29.4 Å². The third-order valence-electron chi connectivity index (χ3n) is 2.54. The molecule has 5 heteroatoms. The quantitative estimate of drug-likeness (QED) is 0.888. The summed E-state index contributed by atoms with van der Waals surface area (Å²) in [6, 6.07) is 8.14. The van der Waals surface area contributed by atoms with Crippen LogP contribution in [0.5, 0.6) is 0 Å². The number of hydrogen-bond acceptors (Lipinski definition) is 3. The van der Waals surface area contributed by atoms with Crippen molar-refractivity contribution in [2.24, 2.45) is 0 Å². The third-order valence-corrected chi connectivity index (χ3v) is 2.54. The minimum Gasteiger partial charge on any atom is -0.361 e. The number of nitrogens with one attached hydrogen (secondary N) is 1. The van der Waals surface area contributed by atoms with Crippen molar-refractivity contribution < 1.29 is 13.3 Å². The average Bonchev–Trinajstić information content (AvgIpc) is 2.76. The Morgan fingerprint density at radius 1 is 1.22 bits per heavy atom. The van der Waals surface area contributed by atoms with Crippen LogP contribution in [0.25, 0.3) is 0 Å². The molecule has 18 heavy (non-hydrogen) atoms. The highest BCUT2D eigenvalue weighted by Crippen LogP contribution is 2.18. The van der Waals surface area contributed by atoms with Gasteiger partial charge in [0.2, 0.25) is 0 Å². The first-order chi connectivity index (χ1) is 8.65. The lowest BCUT2D eigenvalue weighted by Crippen LogP contribution is -2.12. The van der Waals surface area contributed by atoms with E-state index in [1.165, 1.54) is 12.1 Å². The van der Waals surface area contributed by atoms with Crippen LogP contribution in [0.15, 0.2) is 34.9 Å². The van der Waals surface area contributed by atoms with Crippen molar-refractivity contribution >= 4 is 0 Å². The first kappa shape index (κ1) is 12.7.